The van der Waals surface area contributed by atoms with Gasteiger partial charge in [-0.3, -0.25) is 4.90 Å². The maximum atomic E-state index is 11.2. The van der Waals surface area contributed by atoms with Crippen LogP contribution in [-0.2, 0) is 6.54 Å². The quantitative estimate of drug-likeness (QED) is 0.662. The van der Waals surface area contributed by atoms with Crippen LogP contribution in [0.4, 0.5) is 0 Å². The van der Waals surface area contributed by atoms with E-state index < -0.39 is 5.97 Å². The molecule has 1 saturated heterocycles. The van der Waals surface area contributed by atoms with Gasteiger partial charge in [0.2, 0.25) is 0 Å². The van der Waals surface area contributed by atoms with Gasteiger partial charge >= 0.3 is 5.97 Å². The van der Waals surface area contributed by atoms with E-state index in [1.807, 2.05) is 18.3 Å². The van der Waals surface area contributed by atoms with Crippen LogP contribution in [0.2, 0.25) is 0 Å². The van der Waals surface area contributed by atoms with Gasteiger partial charge in [-0.15, -0.1) is 0 Å². The van der Waals surface area contributed by atoms with E-state index in [-0.39, 0.29) is 6.04 Å². The summed E-state index contributed by atoms with van der Waals surface area (Å²) in [6, 6.07) is 11.9. The minimum absolute atomic E-state index is 0.289. The Hall–Kier alpha value is -2.79. The number of methoxy groups -OCH3 is 1. The fourth-order valence-electron chi connectivity index (χ4n) is 4.39. The number of aromatic nitrogens is 1. The Balaban J connectivity index is 1.68. The normalized spacial score (nSPS) is 17.7. The van der Waals surface area contributed by atoms with E-state index in [4.69, 9.17) is 9.84 Å². The van der Waals surface area contributed by atoms with Crippen LogP contribution in [0.1, 0.15) is 52.4 Å². The third-order valence-corrected chi connectivity index (χ3v) is 5.85. The van der Waals surface area contributed by atoms with Gasteiger partial charge in [0.1, 0.15) is 5.75 Å². The largest absolute Gasteiger partial charge is 0.496 e. The second-order valence-electron chi connectivity index (χ2n) is 7.55. The number of aryl methyl sites for hydroxylation is 1. The lowest BCUT2D eigenvalue weighted by atomic mass is 9.93. The maximum Gasteiger partial charge on any atom is 0.335 e. The van der Waals surface area contributed by atoms with Crippen molar-refractivity contribution in [2.75, 3.05) is 13.7 Å². The number of carboxylic acid groups (broad SMARTS) is 1. The van der Waals surface area contributed by atoms with Gasteiger partial charge in [-0.2, -0.15) is 0 Å². The number of aromatic carboxylic acids is 1. The van der Waals surface area contributed by atoms with E-state index in [0.29, 0.717) is 5.56 Å². The molecule has 4 rings (SSSR count). The molecule has 28 heavy (non-hydrogen) atoms. The van der Waals surface area contributed by atoms with Crippen LogP contribution in [0.15, 0.2) is 42.6 Å². The molecule has 0 aliphatic carbocycles. The molecule has 1 atom stereocenters. The molecule has 1 aliphatic heterocycles. The summed E-state index contributed by atoms with van der Waals surface area (Å²) in [5, 5.41) is 10.4. The molecule has 3 aromatic rings. The molecule has 2 aromatic carbocycles. The van der Waals surface area contributed by atoms with Crippen LogP contribution in [0.3, 0.4) is 0 Å². The molecular weight excluding hydrogens is 352 g/mol. The topological polar surface area (TPSA) is 65.6 Å². The first-order chi connectivity index (χ1) is 13.6. The molecule has 1 aromatic heterocycles. The Bertz CT molecular complexity index is 991. The van der Waals surface area contributed by atoms with Gasteiger partial charge in [-0.25, -0.2) is 4.79 Å². The summed E-state index contributed by atoms with van der Waals surface area (Å²) in [6.45, 7) is 3.93. The van der Waals surface area contributed by atoms with Gasteiger partial charge in [0.15, 0.2) is 0 Å². The Morgan fingerprint density at radius 3 is 2.75 bits per heavy atom. The molecule has 0 saturated carbocycles. The molecule has 0 amide bonds. The van der Waals surface area contributed by atoms with Crippen molar-refractivity contribution < 1.29 is 14.6 Å². The molecule has 2 heterocycles. The third kappa shape index (κ3) is 3.38. The third-order valence-electron chi connectivity index (χ3n) is 5.85. The second kappa shape index (κ2) is 7.68. The van der Waals surface area contributed by atoms with Gasteiger partial charge in [-0.05, 0) is 61.7 Å². The first-order valence-corrected chi connectivity index (χ1v) is 9.79. The molecule has 146 valence electrons. The fourth-order valence-corrected chi connectivity index (χ4v) is 4.39. The number of hydrogen-bond donors (Lipinski definition) is 2. The average Bonchev–Trinajstić information content (AvgIpc) is 3.21. The van der Waals surface area contributed by atoms with Crippen molar-refractivity contribution in [3.63, 3.8) is 0 Å². The molecule has 0 spiro atoms. The SMILES string of the molecule is COc1cc(C)c2[nH]ccc2c1CN1CCCC[C@H]1c1ccc(C(=O)O)cc1. The molecule has 1 fully saturated rings. The molecule has 0 radical (unpaired) electrons. The number of rotatable bonds is 5. The summed E-state index contributed by atoms with van der Waals surface area (Å²) in [5.74, 6) is 0.0430. The Morgan fingerprint density at radius 1 is 1.25 bits per heavy atom. The number of carboxylic acids is 1. The monoisotopic (exact) mass is 378 g/mol. The van der Waals surface area contributed by atoms with E-state index in [0.717, 1.165) is 30.8 Å². The highest BCUT2D eigenvalue weighted by Gasteiger charge is 2.26. The Kier molecular flexibility index (Phi) is 5.09. The van der Waals surface area contributed by atoms with Crippen molar-refractivity contribution >= 4 is 16.9 Å². The van der Waals surface area contributed by atoms with Gasteiger partial charge in [0, 0.05) is 35.2 Å². The van der Waals surface area contributed by atoms with E-state index in [2.05, 4.69) is 28.9 Å². The number of aromatic amines is 1. The number of H-pyrrole nitrogens is 1. The number of likely N-dealkylation sites (tertiary alicyclic amines) is 1. The molecule has 1 aliphatic rings. The molecule has 0 bridgehead atoms. The van der Waals surface area contributed by atoms with E-state index in [1.54, 1.807) is 19.2 Å². The number of fused-ring (bicyclic) bond motifs is 1. The number of ether oxygens (including phenoxy) is 1. The summed E-state index contributed by atoms with van der Waals surface area (Å²) in [6.07, 6.45) is 5.43. The van der Waals surface area contributed by atoms with Crippen LogP contribution in [-0.4, -0.2) is 34.6 Å². The van der Waals surface area contributed by atoms with Crippen molar-refractivity contribution in [1.82, 2.24) is 9.88 Å². The van der Waals surface area contributed by atoms with Crippen LogP contribution in [0.25, 0.3) is 10.9 Å². The number of benzene rings is 2. The Morgan fingerprint density at radius 2 is 2.04 bits per heavy atom. The molecule has 5 heteroatoms. The highest BCUT2D eigenvalue weighted by atomic mass is 16.5. The molecular formula is C23H26N2O3. The molecule has 5 nitrogen and oxygen atoms in total. The van der Waals surface area contributed by atoms with Crippen molar-refractivity contribution in [3.05, 3.63) is 64.8 Å². The summed E-state index contributed by atoms with van der Waals surface area (Å²) in [5.41, 5.74) is 5.06. The molecule has 2 N–H and O–H groups in total. The minimum atomic E-state index is -0.883. The summed E-state index contributed by atoms with van der Waals surface area (Å²) < 4.78 is 5.72. The number of hydrogen-bond acceptors (Lipinski definition) is 3. The zero-order valence-electron chi connectivity index (χ0n) is 16.4. The van der Waals surface area contributed by atoms with Crippen LogP contribution in [0.5, 0.6) is 5.75 Å². The maximum absolute atomic E-state index is 11.2. The predicted molar refractivity (Wildman–Crippen MR) is 110 cm³/mol. The summed E-state index contributed by atoms with van der Waals surface area (Å²) >= 11 is 0. The Labute approximate surface area is 164 Å². The van der Waals surface area contributed by atoms with Crippen molar-refractivity contribution in [1.29, 1.82) is 0 Å². The van der Waals surface area contributed by atoms with E-state index in [1.165, 1.54) is 34.9 Å². The molecule has 0 unspecified atom stereocenters. The lowest BCUT2D eigenvalue weighted by Gasteiger charge is -2.36. The highest BCUT2D eigenvalue weighted by Crippen LogP contribution is 2.37. The van der Waals surface area contributed by atoms with Crippen LogP contribution < -0.4 is 4.74 Å². The number of carbonyl (C=O) groups is 1. The van der Waals surface area contributed by atoms with Crippen LogP contribution in [0, 0.1) is 6.92 Å². The number of nitrogens with one attached hydrogen (secondary N) is 1. The average molecular weight is 378 g/mol. The lowest BCUT2D eigenvalue weighted by Crippen LogP contribution is -2.33. The smallest absolute Gasteiger partial charge is 0.335 e. The van der Waals surface area contributed by atoms with E-state index in [9.17, 15) is 4.79 Å². The fraction of sp³-hybridized carbons (Fsp3) is 0.348. The second-order valence-corrected chi connectivity index (χ2v) is 7.55. The lowest BCUT2D eigenvalue weighted by molar-refractivity contribution is 0.0696. The van der Waals surface area contributed by atoms with E-state index >= 15 is 0 Å². The highest BCUT2D eigenvalue weighted by molar-refractivity contribution is 5.88. The van der Waals surface area contributed by atoms with Crippen molar-refractivity contribution in [3.8, 4) is 5.75 Å². The van der Waals surface area contributed by atoms with Crippen molar-refractivity contribution in [2.24, 2.45) is 0 Å². The standard InChI is InChI=1S/C23H26N2O3/c1-15-13-21(28-2)19(18-10-11-24-22(15)18)14-25-12-4-3-5-20(25)16-6-8-17(9-7-16)23(26)27/h6-11,13,20,24H,3-5,12,14H2,1-2H3,(H,26,27)/t20-/m0/s1. The zero-order valence-corrected chi connectivity index (χ0v) is 16.4. The van der Waals surface area contributed by atoms with Gasteiger partial charge < -0.3 is 14.8 Å². The van der Waals surface area contributed by atoms with Gasteiger partial charge in [0.05, 0.1) is 12.7 Å². The number of nitrogens with zero attached hydrogens (tertiary/aromatic N) is 1. The van der Waals surface area contributed by atoms with Gasteiger partial charge in [0.25, 0.3) is 0 Å². The van der Waals surface area contributed by atoms with Gasteiger partial charge in [-0.1, -0.05) is 18.6 Å². The zero-order chi connectivity index (χ0) is 19.7. The first kappa shape index (κ1) is 18.6. The summed E-state index contributed by atoms with van der Waals surface area (Å²) in [4.78, 5) is 17.0. The predicted octanol–water partition coefficient (Wildman–Crippen LogP) is 4.91. The van der Waals surface area contributed by atoms with Crippen LogP contribution >= 0.6 is 0 Å². The summed E-state index contributed by atoms with van der Waals surface area (Å²) in [7, 11) is 1.73. The first-order valence-electron chi connectivity index (χ1n) is 9.79. The van der Waals surface area contributed by atoms with Crippen molar-refractivity contribution in [2.45, 2.75) is 38.8 Å². The number of piperidine rings is 1. The minimum Gasteiger partial charge on any atom is -0.496 e.